The highest BCUT2D eigenvalue weighted by Crippen LogP contribution is 2.33. The lowest BCUT2D eigenvalue weighted by atomic mass is 9.87. The van der Waals surface area contributed by atoms with Crippen LogP contribution in [-0.4, -0.2) is 47.8 Å². The summed E-state index contributed by atoms with van der Waals surface area (Å²) in [6.07, 6.45) is 6.20. The molecule has 1 fully saturated rings. The van der Waals surface area contributed by atoms with Gasteiger partial charge in [0, 0.05) is 25.4 Å². The van der Waals surface area contributed by atoms with Crippen LogP contribution in [0.2, 0.25) is 0 Å². The summed E-state index contributed by atoms with van der Waals surface area (Å²) < 4.78 is 31.7. The van der Waals surface area contributed by atoms with Crippen LogP contribution in [0.15, 0.2) is 47.5 Å². The SMILES string of the molecule is COCOc1ccc(C=C2CCCC(=Cc3ccc(OCOC)c(OC)c3)C2=O)cc1OC. The van der Waals surface area contributed by atoms with E-state index in [0.29, 0.717) is 23.0 Å². The minimum atomic E-state index is 0.0543. The van der Waals surface area contributed by atoms with Crippen molar-refractivity contribution >= 4 is 17.9 Å². The van der Waals surface area contributed by atoms with Crippen LogP contribution < -0.4 is 18.9 Å². The topological polar surface area (TPSA) is 72.5 Å². The predicted octanol–water partition coefficient (Wildman–Crippen LogP) is 4.89. The van der Waals surface area contributed by atoms with E-state index in [4.69, 9.17) is 28.4 Å². The van der Waals surface area contributed by atoms with Gasteiger partial charge in [-0.15, -0.1) is 0 Å². The molecule has 2 aromatic rings. The second kappa shape index (κ2) is 12.1. The number of carbonyl (C=O) groups excluding carboxylic acids is 1. The number of Topliss-reactive ketones (excluding diaryl/α,β-unsaturated/α-hetero) is 1. The van der Waals surface area contributed by atoms with Crippen molar-refractivity contribution in [2.75, 3.05) is 42.0 Å². The van der Waals surface area contributed by atoms with Crippen LogP contribution in [0.3, 0.4) is 0 Å². The van der Waals surface area contributed by atoms with Gasteiger partial charge < -0.3 is 28.4 Å². The molecule has 0 aromatic heterocycles. The molecule has 1 saturated carbocycles. The van der Waals surface area contributed by atoms with Crippen LogP contribution >= 0.6 is 0 Å². The van der Waals surface area contributed by atoms with Gasteiger partial charge in [0.25, 0.3) is 0 Å². The smallest absolute Gasteiger partial charge is 0.188 e. The fraction of sp³-hybridized carbons (Fsp3) is 0.346. The molecule has 7 nitrogen and oxygen atoms in total. The van der Waals surface area contributed by atoms with E-state index in [1.807, 2.05) is 48.6 Å². The molecule has 0 atom stereocenters. The van der Waals surface area contributed by atoms with Gasteiger partial charge in [-0.25, -0.2) is 0 Å². The molecule has 0 radical (unpaired) electrons. The summed E-state index contributed by atoms with van der Waals surface area (Å²) >= 11 is 0. The average Bonchev–Trinajstić information content (AvgIpc) is 2.84. The number of rotatable bonds is 10. The van der Waals surface area contributed by atoms with Crippen molar-refractivity contribution in [2.24, 2.45) is 0 Å². The Hall–Kier alpha value is -3.29. The third kappa shape index (κ3) is 6.37. The van der Waals surface area contributed by atoms with Crippen molar-refractivity contribution in [3.8, 4) is 23.0 Å². The van der Waals surface area contributed by atoms with Gasteiger partial charge in [-0.05, 0) is 66.8 Å². The highest BCUT2D eigenvalue weighted by Gasteiger charge is 2.21. The number of benzene rings is 2. The molecule has 1 aliphatic carbocycles. The molecule has 0 bridgehead atoms. The van der Waals surface area contributed by atoms with E-state index >= 15 is 0 Å². The average molecular weight is 455 g/mol. The lowest BCUT2D eigenvalue weighted by molar-refractivity contribution is -0.112. The standard InChI is InChI=1S/C26H30O7/c1-28-16-32-22-10-8-18(14-24(22)30-3)12-20-6-5-7-21(26(20)27)13-19-9-11-23(33-17-29-2)25(15-19)31-4/h8-15H,5-7,16-17H2,1-4H3. The Kier molecular flexibility index (Phi) is 8.92. The Balaban J connectivity index is 1.82. The third-order valence-electron chi connectivity index (χ3n) is 5.20. The Morgan fingerprint density at radius 1 is 0.697 bits per heavy atom. The number of ether oxygens (including phenoxy) is 6. The first-order chi connectivity index (χ1) is 16.1. The zero-order valence-electron chi connectivity index (χ0n) is 19.5. The second-order valence-electron chi connectivity index (χ2n) is 7.44. The van der Waals surface area contributed by atoms with Crippen molar-refractivity contribution in [3.05, 3.63) is 58.7 Å². The number of methoxy groups -OCH3 is 4. The molecule has 1 aliphatic rings. The molecular formula is C26H30O7. The maximum absolute atomic E-state index is 13.2. The quantitative estimate of drug-likeness (QED) is 0.374. The number of hydrogen-bond donors (Lipinski definition) is 0. The van der Waals surface area contributed by atoms with E-state index in [0.717, 1.165) is 41.5 Å². The minimum absolute atomic E-state index is 0.0543. The van der Waals surface area contributed by atoms with Crippen molar-refractivity contribution in [1.82, 2.24) is 0 Å². The highest BCUT2D eigenvalue weighted by atomic mass is 16.7. The normalized spacial score (nSPS) is 16.2. The lowest BCUT2D eigenvalue weighted by Gasteiger charge is -2.17. The van der Waals surface area contributed by atoms with Crippen LogP contribution in [0.1, 0.15) is 30.4 Å². The van der Waals surface area contributed by atoms with E-state index in [1.165, 1.54) is 0 Å². The summed E-state index contributed by atoms with van der Waals surface area (Å²) in [5.74, 6) is 2.40. The fourth-order valence-corrected chi connectivity index (χ4v) is 3.61. The monoisotopic (exact) mass is 454 g/mol. The first-order valence-corrected chi connectivity index (χ1v) is 10.6. The summed E-state index contributed by atoms with van der Waals surface area (Å²) in [5.41, 5.74) is 3.30. The summed E-state index contributed by atoms with van der Waals surface area (Å²) in [6, 6.07) is 11.1. The van der Waals surface area contributed by atoms with Gasteiger partial charge in [-0.3, -0.25) is 4.79 Å². The van der Waals surface area contributed by atoms with E-state index < -0.39 is 0 Å². The lowest BCUT2D eigenvalue weighted by Crippen LogP contribution is -2.12. The van der Waals surface area contributed by atoms with Gasteiger partial charge in [0.1, 0.15) is 0 Å². The van der Waals surface area contributed by atoms with Crippen LogP contribution in [-0.2, 0) is 14.3 Å². The number of hydrogen-bond acceptors (Lipinski definition) is 7. The fourth-order valence-electron chi connectivity index (χ4n) is 3.61. The van der Waals surface area contributed by atoms with Gasteiger partial charge >= 0.3 is 0 Å². The first-order valence-electron chi connectivity index (χ1n) is 10.6. The van der Waals surface area contributed by atoms with Crippen LogP contribution in [0, 0.1) is 0 Å². The van der Waals surface area contributed by atoms with E-state index in [2.05, 4.69) is 0 Å². The Bertz CT molecular complexity index is 944. The van der Waals surface area contributed by atoms with Gasteiger partial charge in [-0.1, -0.05) is 12.1 Å². The number of carbonyl (C=O) groups is 1. The molecule has 176 valence electrons. The molecule has 0 spiro atoms. The van der Waals surface area contributed by atoms with E-state index in [-0.39, 0.29) is 19.4 Å². The molecule has 0 unspecified atom stereocenters. The summed E-state index contributed by atoms with van der Waals surface area (Å²) in [7, 11) is 6.28. The van der Waals surface area contributed by atoms with Crippen molar-refractivity contribution in [1.29, 1.82) is 0 Å². The largest absolute Gasteiger partial charge is 0.493 e. The molecule has 3 rings (SSSR count). The molecule has 7 heteroatoms. The zero-order valence-corrected chi connectivity index (χ0v) is 19.5. The first kappa shape index (κ1) is 24.4. The maximum Gasteiger partial charge on any atom is 0.188 e. The second-order valence-corrected chi connectivity index (χ2v) is 7.44. The van der Waals surface area contributed by atoms with Crippen molar-refractivity contribution in [3.63, 3.8) is 0 Å². The molecule has 0 aliphatic heterocycles. The highest BCUT2D eigenvalue weighted by molar-refractivity contribution is 6.14. The van der Waals surface area contributed by atoms with Crippen LogP contribution in [0.5, 0.6) is 23.0 Å². The Morgan fingerprint density at radius 2 is 1.15 bits per heavy atom. The summed E-state index contributed by atoms with van der Waals surface area (Å²) in [6.45, 7) is 0.265. The van der Waals surface area contributed by atoms with Crippen LogP contribution in [0.25, 0.3) is 12.2 Å². The van der Waals surface area contributed by atoms with Gasteiger partial charge in [0.15, 0.2) is 42.4 Å². The molecule has 0 heterocycles. The predicted molar refractivity (Wildman–Crippen MR) is 126 cm³/mol. The maximum atomic E-state index is 13.2. The minimum Gasteiger partial charge on any atom is -0.493 e. The Morgan fingerprint density at radius 3 is 1.55 bits per heavy atom. The third-order valence-corrected chi connectivity index (χ3v) is 5.20. The van der Waals surface area contributed by atoms with Gasteiger partial charge in [0.2, 0.25) is 0 Å². The molecular weight excluding hydrogens is 424 g/mol. The van der Waals surface area contributed by atoms with Crippen LogP contribution in [0.4, 0.5) is 0 Å². The summed E-state index contributed by atoms with van der Waals surface area (Å²) in [4.78, 5) is 13.2. The molecule has 33 heavy (non-hydrogen) atoms. The number of allylic oxidation sites excluding steroid dienone is 2. The Labute approximate surface area is 194 Å². The zero-order chi connectivity index (χ0) is 23.6. The van der Waals surface area contributed by atoms with E-state index in [9.17, 15) is 4.79 Å². The van der Waals surface area contributed by atoms with Crippen molar-refractivity contribution < 1.29 is 33.2 Å². The molecule has 0 N–H and O–H groups in total. The number of ketones is 1. The molecule has 0 amide bonds. The van der Waals surface area contributed by atoms with E-state index in [1.54, 1.807) is 28.4 Å². The van der Waals surface area contributed by atoms with Crippen molar-refractivity contribution in [2.45, 2.75) is 19.3 Å². The van der Waals surface area contributed by atoms with Gasteiger partial charge in [-0.2, -0.15) is 0 Å². The molecule has 2 aromatic carbocycles. The molecule has 0 saturated heterocycles. The van der Waals surface area contributed by atoms with Gasteiger partial charge in [0.05, 0.1) is 14.2 Å². The summed E-state index contributed by atoms with van der Waals surface area (Å²) in [5, 5.41) is 0.